The number of nitrogens with zero attached hydrogens (tertiary/aromatic N) is 1. The monoisotopic (exact) mass is 350 g/mol. The number of halogens is 2. The molecule has 0 unspecified atom stereocenters. The van der Waals surface area contributed by atoms with Gasteiger partial charge in [-0.2, -0.15) is 0 Å². The fraction of sp³-hybridized carbons (Fsp3) is 0.250. The molecule has 1 aromatic carbocycles. The molecule has 0 bridgehead atoms. The highest BCUT2D eigenvalue weighted by Crippen LogP contribution is 2.29. The van der Waals surface area contributed by atoms with Crippen molar-refractivity contribution in [3.63, 3.8) is 0 Å². The Bertz CT molecular complexity index is 762. The van der Waals surface area contributed by atoms with E-state index in [9.17, 15) is 12.8 Å². The van der Waals surface area contributed by atoms with Crippen LogP contribution >= 0.6 is 22.9 Å². The van der Waals surface area contributed by atoms with Gasteiger partial charge in [0.1, 0.15) is 0 Å². The molecule has 9 heteroatoms. The smallest absolute Gasteiger partial charge is 0.273 e. The summed E-state index contributed by atoms with van der Waals surface area (Å²) in [6.45, 7) is 3.59. The number of benzene rings is 1. The van der Waals surface area contributed by atoms with Crippen molar-refractivity contribution in [2.24, 2.45) is 0 Å². The summed E-state index contributed by atoms with van der Waals surface area (Å²) in [7, 11) is -3.85. The Morgan fingerprint density at radius 2 is 2.19 bits per heavy atom. The maximum Gasteiger partial charge on any atom is 0.273 e. The van der Waals surface area contributed by atoms with Crippen LogP contribution in [0.25, 0.3) is 0 Å². The average molecular weight is 351 g/mol. The summed E-state index contributed by atoms with van der Waals surface area (Å²) in [5, 5.41) is 0. The highest BCUT2D eigenvalue weighted by molar-refractivity contribution is 7.94. The molecule has 0 saturated carbocycles. The molecule has 0 aliphatic heterocycles. The SMILES string of the molecule is CCOc1ccc(NS(=O)(=O)c2sc(Cl)nc2C)cc1F. The predicted octanol–water partition coefficient (Wildman–Crippen LogP) is 3.44. The van der Waals surface area contributed by atoms with Gasteiger partial charge in [-0.05, 0) is 26.0 Å². The van der Waals surface area contributed by atoms with Gasteiger partial charge in [-0.1, -0.05) is 22.9 Å². The summed E-state index contributed by atoms with van der Waals surface area (Å²) in [5.41, 5.74) is 0.392. The molecule has 0 spiro atoms. The standard InChI is InChI=1S/C12H12ClFN2O3S2/c1-3-19-10-5-4-8(6-9(10)14)16-21(17,18)11-7(2)15-12(13)20-11/h4-6,16H,3H2,1-2H3. The van der Waals surface area contributed by atoms with Crippen molar-refractivity contribution >= 4 is 38.6 Å². The van der Waals surface area contributed by atoms with Crippen LogP contribution in [0.1, 0.15) is 12.6 Å². The van der Waals surface area contributed by atoms with Crippen molar-refractivity contribution in [3.8, 4) is 5.75 Å². The molecule has 0 radical (unpaired) electrons. The van der Waals surface area contributed by atoms with Crippen LogP contribution in [0.15, 0.2) is 22.4 Å². The molecule has 0 aliphatic rings. The number of hydrogen-bond acceptors (Lipinski definition) is 5. The van der Waals surface area contributed by atoms with E-state index in [0.29, 0.717) is 12.3 Å². The molecule has 0 aliphatic carbocycles. The molecular formula is C12H12ClFN2O3S2. The van der Waals surface area contributed by atoms with Gasteiger partial charge in [0.05, 0.1) is 18.0 Å². The van der Waals surface area contributed by atoms with Gasteiger partial charge in [0.2, 0.25) is 0 Å². The number of hydrogen-bond donors (Lipinski definition) is 1. The summed E-state index contributed by atoms with van der Waals surface area (Å²) in [5.74, 6) is -0.575. The highest BCUT2D eigenvalue weighted by Gasteiger charge is 2.22. The minimum Gasteiger partial charge on any atom is -0.491 e. The van der Waals surface area contributed by atoms with E-state index in [1.54, 1.807) is 6.92 Å². The van der Waals surface area contributed by atoms with E-state index in [0.717, 1.165) is 17.4 Å². The zero-order chi connectivity index (χ0) is 15.6. The van der Waals surface area contributed by atoms with Crippen molar-refractivity contribution in [1.82, 2.24) is 4.98 Å². The highest BCUT2D eigenvalue weighted by atomic mass is 35.5. The van der Waals surface area contributed by atoms with Crippen LogP contribution < -0.4 is 9.46 Å². The lowest BCUT2D eigenvalue weighted by molar-refractivity contribution is 0.321. The first kappa shape index (κ1) is 16.0. The minimum atomic E-state index is -3.85. The molecule has 0 atom stereocenters. The van der Waals surface area contributed by atoms with Gasteiger partial charge in [-0.15, -0.1) is 0 Å². The summed E-state index contributed by atoms with van der Waals surface area (Å²) in [4.78, 5) is 3.85. The minimum absolute atomic E-state index is 0.00166. The van der Waals surface area contributed by atoms with Crippen molar-refractivity contribution in [3.05, 3.63) is 34.2 Å². The Hall–Kier alpha value is -1.38. The van der Waals surface area contributed by atoms with Crippen molar-refractivity contribution in [1.29, 1.82) is 0 Å². The first-order chi connectivity index (χ1) is 9.83. The number of nitrogens with one attached hydrogen (secondary N) is 1. The predicted molar refractivity (Wildman–Crippen MR) is 80.2 cm³/mol. The molecule has 0 amide bonds. The Morgan fingerprint density at radius 3 is 2.71 bits per heavy atom. The van der Waals surface area contributed by atoms with Gasteiger partial charge in [0, 0.05) is 6.07 Å². The molecule has 0 saturated heterocycles. The van der Waals surface area contributed by atoms with Crippen LogP contribution in [0.2, 0.25) is 4.47 Å². The van der Waals surface area contributed by atoms with E-state index >= 15 is 0 Å². The molecule has 2 aromatic rings. The Balaban J connectivity index is 2.29. The number of sulfonamides is 1. The first-order valence-electron chi connectivity index (χ1n) is 5.91. The molecule has 5 nitrogen and oxygen atoms in total. The second kappa shape index (κ2) is 6.17. The van der Waals surface area contributed by atoms with Crippen molar-refractivity contribution in [2.75, 3.05) is 11.3 Å². The van der Waals surface area contributed by atoms with Crippen LogP contribution in [0.5, 0.6) is 5.75 Å². The molecule has 1 heterocycles. The van der Waals surface area contributed by atoms with Gasteiger partial charge in [-0.3, -0.25) is 4.72 Å². The lowest BCUT2D eigenvalue weighted by atomic mass is 10.3. The number of anilines is 1. The third-order valence-electron chi connectivity index (χ3n) is 2.46. The maximum absolute atomic E-state index is 13.7. The number of aromatic nitrogens is 1. The van der Waals surface area contributed by atoms with Crippen LogP contribution in [0.3, 0.4) is 0 Å². The fourth-order valence-corrected chi connectivity index (χ4v) is 4.43. The zero-order valence-corrected chi connectivity index (χ0v) is 13.6. The largest absolute Gasteiger partial charge is 0.491 e. The Morgan fingerprint density at radius 1 is 1.48 bits per heavy atom. The van der Waals surface area contributed by atoms with Crippen LogP contribution in [-0.2, 0) is 10.0 Å². The number of aryl methyl sites for hydroxylation is 1. The molecular weight excluding hydrogens is 339 g/mol. The topological polar surface area (TPSA) is 68.3 Å². The third-order valence-corrected chi connectivity index (χ3v) is 5.71. The second-order valence-corrected chi connectivity index (χ2v) is 7.48. The molecule has 2 rings (SSSR count). The normalized spacial score (nSPS) is 11.4. The zero-order valence-electron chi connectivity index (χ0n) is 11.2. The summed E-state index contributed by atoms with van der Waals surface area (Å²) in [6, 6.07) is 3.84. The summed E-state index contributed by atoms with van der Waals surface area (Å²) < 4.78 is 45.6. The molecule has 1 aromatic heterocycles. The lowest BCUT2D eigenvalue weighted by Crippen LogP contribution is -2.13. The Labute approximate surface area is 130 Å². The van der Waals surface area contributed by atoms with Crippen LogP contribution in [-0.4, -0.2) is 20.0 Å². The molecule has 0 fully saturated rings. The summed E-state index contributed by atoms with van der Waals surface area (Å²) in [6.07, 6.45) is 0. The molecule has 1 N–H and O–H groups in total. The first-order valence-corrected chi connectivity index (χ1v) is 8.59. The van der Waals surface area contributed by atoms with Crippen molar-refractivity contribution in [2.45, 2.75) is 18.1 Å². The number of thiazole rings is 1. The van der Waals surface area contributed by atoms with E-state index in [-0.39, 0.29) is 20.1 Å². The maximum atomic E-state index is 13.7. The van der Waals surface area contributed by atoms with Gasteiger partial charge in [-0.25, -0.2) is 17.8 Å². The summed E-state index contributed by atoms with van der Waals surface area (Å²) >= 11 is 6.54. The fourth-order valence-electron chi connectivity index (χ4n) is 1.64. The lowest BCUT2D eigenvalue weighted by Gasteiger charge is -2.09. The number of ether oxygens (including phenoxy) is 1. The quantitative estimate of drug-likeness (QED) is 0.896. The van der Waals surface area contributed by atoms with E-state index in [1.165, 1.54) is 19.1 Å². The Kier molecular flexibility index (Phi) is 4.70. The van der Waals surface area contributed by atoms with E-state index in [2.05, 4.69) is 9.71 Å². The van der Waals surface area contributed by atoms with E-state index in [1.807, 2.05) is 0 Å². The van der Waals surface area contributed by atoms with Gasteiger partial charge < -0.3 is 4.74 Å². The second-order valence-electron chi connectivity index (χ2n) is 4.02. The van der Waals surface area contributed by atoms with Crippen LogP contribution in [0, 0.1) is 12.7 Å². The third kappa shape index (κ3) is 3.63. The average Bonchev–Trinajstić information content (AvgIpc) is 2.72. The number of rotatable bonds is 5. The molecule has 21 heavy (non-hydrogen) atoms. The van der Waals surface area contributed by atoms with Crippen molar-refractivity contribution < 1.29 is 17.5 Å². The van der Waals surface area contributed by atoms with E-state index < -0.39 is 15.8 Å². The van der Waals surface area contributed by atoms with E-state index in [4.69, 9.17) is 16.3 Å². The van der Waals surface area contributed by atoms with Gasteiger partial charge >= 0.3 is 0 Å². The van der Waals surface area contributed by atoms with Crippen LogP contribution in [0.4, 0.5) is 10.1 Å². The molecule has 114 valence electrons. The van der Waals surface area contributed by atoms with Gasteiger partial charge in [0.25, 0.3) is 10.0 Å². The van der Waals surface area contributed by atoms with Gasteiger partial charge in [0.15, 0.2) is 20.2 Å².